The molecular formula is C13H23O2. The van der Waals surface area contributed by atoms with Gasteiger partial charge in [0.25, 0.3) is 0 Å². The molecule has 0 amide bonds. The molecule has 0 N–H and O–H groups in total. The van der Waals surface area contributed by atoms with Crippen LogP contribution < -0.4 is 0 Å². The highest BCUT2D eigenvalue weighted by Crippen LogP contribution is 2.20. The fourth-order valence-electron chi connectivity index (χ4n) is 2.00. The first kappa shape index (κ1) is 12.5. The monoisotopic (exact) mass is 211 g/mol. The van der Waals surface area contributed by atoms with Crippen molar-refractivity contribution >= 4 is 5.97 Å². The van der Waals surface area contributed by atoms with Crippen molar-refractivity contribution in [1.82, 2.24) is 0 Å². The van der Waals surface area contributed by atoms with Crippen LogP contribution in [-0.4, -0.2) is 12.1 Å². The molecule has 0 aromatic heterocycles. The van der Waals surface area contributed by atoms with E-state index in [0.29, 0.717) is 0 Å². The molecule has 1 aliphatic rings. The summed E-state index contributed by atoms with van der Waals surface area (Å²) in [4.78, 5) is 11.4. The molecule has 1 radical (unpaired) electrons. The van der Waals surface area contributed by atoms with Crippen LogP contribution in [0.25, 0.3) is 0 Å². The quantitative estimate of drug-likeness (QED) is 0.394. The first-order valence-electron chi connectivity index (χ1n) is 6.36. The van der Waals surface area contributed by atoms with E-state index in [4.69, 9.17) is 4.74 Å². The van der Waals surface area contributed by atoms with Gasteiger partial charge in [-0.05, 0) is 32.1 Å². The van der Waals surface area contributed by atoms with E-state index < -0.39 is 0 Å². The molecule has 0 unspecified atom stereocenters. The summed E-state index contributed by atoms with van der Waals surface area (Å²) in [6.45, 7) is 2.13. The molecule has 1 aliphatic carbocycles. The van der Waals surface area contributed by atoms with Crippen molar-refractivity contribution < 1.29 is 9.53 Å². The first-order valence-corrected chi connectivity index (χ1v) is 6.36. The molecule has 1 saturated carbocycles. The predicted molar refractivity (Wildman–Crippen MR) is 61.4 cm³/mol. The summed E-state index contributed by atoms with van der Waals surface area (Å²) in [7, 11) is 0. The Hall–Kier alpha value is -0.530. The molecule has 87 valence electrons. The summed E-state index contributed by atoms with van der Waals surface area (Å²) in [6, 6.07) is 0. The lowest BCUT2D eigenvalue weighted by Crippen LogP contribution is -2.17. The van der Waals surface area contributed by atoms with Gasteiger partial charge in [-0.25, -0.2) is 0 Å². The lowest BCUT2D eigenvalue weighted by atomic mass is 10.1. The number of carbonyl (C=O) groups is 1. The second-order valence-electron chi connectivity index (χ2n) is 4.40. The molecule has 0 saturated heterocycles. The Morgan fingerprint density at radius 1 is 1.27 bits per heavy atom. The summed E-state index contributed by atoms with van der Waals surface area (Å²) in [5, 5.41) is 0. The Morgan fingerprint density at radius 3 is 2.53 bits per heavy atom. The van der Waals surface area contributed by atoms with Gasteiger partial charge in [0, 0.05) is 0 Å². The number of esters is 1. The minimum Gasteiger partial charge on any atom is -0.462 e. The third kappa shape index (κ3) is 5.81. The molecule has 2 heteroatoms. The molecule has 0 aromatic carbocycles. The zero-order valence-corrected chi connectivity index (χ0v) is 9.84. The van der Waals surface area contributed by atoms with Crippen molar-refractivity contribution in [2.45, 2.75) is 70.8 Å². The third-order valence-electron chi connectivity index (χ3n) is 2.95. The highest BCUT2D eigenvalue weighted by molar-refractivity contribution is 5.78. The lowest BCUT2D eigenvalue weighted by Gasteiger charge is -2.14. The number of carbonyl (C=O) groups excluding carboxylic acids is 1. The zero-order valence-electron chi connectivity index (χ0n) is 9.84. The highest BCUT2D eigenvalue weighted by Gasteiger charge is 2.16. The molecule has 0 atom stereocenters. The second kappa shape index (κ2) is 7.72. The highest BCUT2D eigenvalue weighted by atomic mass is 16.5. The van der Waals surface area contributed by atoms with Crippen molar-refractivity contribution in [1.29, 1.82) is 0 Å². The third-order valence-corrected chi connectivity index (χ3v) is 2.95. The van der Waals surface area contributed by atoms with Gasteiger partial charge < -0.3 is 4.74 Å². The molecule has 15 heavy (non-hydrogen) atoms. The van der Waals surface area contributed by atoms with E-state index in [9.17, 15) is 4.79 Å². The van der Waals surface area contributed by atoms with Crippen LogP contribution in [0.5, 0.6) is 0 Å². The smallest absolute Gasteiger partial charge is 0.310 e. The van der Waals surface area contributed by atoms with E-state index in [1.165, 1.54) is 25.7 Å². The van der Waals surface area contributed by atoms with Gasteiger partial charge in [-0.15, -0.1) is 0 Å². The van der Waals surface area contributed by atoms with Gasteiger partial charge in [-0.3, -0.25) is 4.79 Å². The molecule has 1 fully saturated rings. The second-order valence-corrected chi connectivity index (χ2v) is 4.40. The van der Waals surface area contributed by atoms with Crippen LogP contribution in [-0.2, 0) is 9.53 Å². The number of rotatable bonds is 5. The Kier molecular flexibility index (Phi) is 6.45. The maximum atomic E-state index is 11.4. The van der Waals surface area contributed by atoms with Crippen molar-refractivity contribution in [2.75, 3.05) is 0 Å². The number of hydrogen-bond donors (Lipinski definition) is 0. The van der Waals surface area contributed by atoms with E-state index in [-0.39, 0.29) is 12.1 Å². The maximum Gasteiger partial charge on any atom is 0.310 e. The van der Waals surface area contributed by atoms with Crippen LogP contribution in [0.2, 0.25) is 0 Å². The van der Waals surface area contributed by atoms with Crippen molar-refractivity contribution in [3.8, 4) is 0 Å². The van der Waals surface area contributed by atoms with E-state index in [2.05, 4.69) is 6.92 Å². The van der Waals surface area contributed by atoms with Crippen LogP contribution in [0.3, 0.4) is 0 Å². The summed E-state index contributed by atoms with van der Waals surface area (Å²) >= 11 is 0. The Morgan fingerprint density at radius 2 is 1.93 bits per heavy atom. The van der Waals surface area contributed by atoms with Gasteiger partial charge in [-0.2, -0.15) is 0 Å². The first-order chi connectivity index (χ1) is 7.33. The average molecular weight is 211 g/mol. The van der Waals surface area contributed by atoms with Crippen LogP contribution >= 0.6 is 0 Å². The van der Waals surface area contributed by atoms with Gasteiger partial charge in [-0.1, -0.05) is 32.6 Å². The van der Waals surface area contributed by atoms with Gasteiger partial charge in [0.1, 0.15) is 6.10 Å². The molecule has 0 bridgehead atoms. The predicted octanol–water partition coefficient (Wildman–Crippen LogP) is 3.65. The molecule has 0 aliphatic heterocycles. The van der Waals surface area contributed by atoms with Crippen molar-refractivity contribution in [3.63, 3.8) is 0 Å². The van der Waals surface area contributed by atoms with Crippen LogP contribution in [0.15, 0.2) is 0 Å². The minimum absolute atomic E-state index is 0.102. The van der Waals surface area contributed by atoms with E-state index in [0.717, 1.165) is 32.1 Å². The molecule has 0 aromatic rings. The topological polar surface area (TPSA) is 26.3 Å². The van der Waals surface area contributed by atoms with Crippen molar-refractivity contribution in [3.05, 3.63) is 6.42 Å². The molecule has 0 heterocycles. The fourth-order valence-corrected chi connectivity index (χ4v) is 2.00. The van der Waals surface area contributed by atoms with Crippen LogP contribution in [0, 0.1) is 6.42 Å². The molecule has 1 rings (SSSR count). The summed E-state index contributed by atoms with van der Waals surface area (Å²) in [5.41, 5.74) is 0. The van der Waals surface area contributed by atoms with Crippen molar-refractivity contribution in [2.24, 2.45) is 0 Å². The van der Waals surface area contributed by atoms with E-state index >= 15 is 0 Å². The fraction of sp³-hybridized carbons (Fsp3) is 0.846. The van der Waals surface area contributed by atoms with Gasteiger partial charge in [0.15, 0.2) is 0 Å². The normalized spacial score (nSPS) is 18.5. The van der Waals surface area contributed by atoms with Crippen LogP contribution in [0.4, 0.5) is 0 Å². The lowest BCUT2D eigenvalue weighted by molar-refractivity contribution is -0.145. The Bertz CT molecular complexity index is 169. The average Bonchev–Trinajstić information content (AvgIpc) is 2.47. The number of ether oxygens (including phenoxy) is 1. The molecule has 2 nitrogen and oxygen atoms in total. The van der Waals surface area contributed by atoms with Gasteiger partial charge in [0.05, 0.1) is 6.42 Å². The zero-order chi connectivity index (χ0) is 10.9. The largest absolute Gasteiger partial charge is 0.462 e. The van der Waals surface area contributed by atoms with Gasteiger partial charge in [0.2, 0.25) is 0 Å². The summed E-state index contributed by atoms with van der Waals surface area (Å²) < 4.78 is 5.42. The van der Waals surface area contributed by atoms with Gasteiger partial charge >= 0.3 is 5.97 Å². The van der Waals surface area contributed by atoms with Crippen LogP contribution in [0.1, 0.15) is 64.7 Å². The molecular weight excluding hydrogens is 188 g/mol. The minimum atomic E-state index is -0.102. The number of hydrogen-bond acceptors (Lipinski definition) is 2. The number of unbranched alkanes of at least 4 members (excludes halogenated alkanes) is 2. The standard InChI is InChI=1S/C13H23O2/c1-2-3-6-11-13(14)15-12-9-7-4-5-8-10-12/h11-12H,2-10H2,1H3. The Balaban J connectivity index is 2.12. The molecule has 0 spiro atoms. The SMILES string of the molecule is CCCC[CH]C(=O)OC1CCCCCC1. The Labute approximate surface area is 93.4 Å². The van der Waals surface area contributed by atoms with E-state index in [1.54, 1.807) is 6.42 Å². The van der Waals surface area contributed by atoms with E-state index in [1.807, 2.05) is 0 Å². The summed E-state index contributed by atoms with van der Waals surface area (Å²) in [6.07, 6.45) is 12.1. The summed E-state index contributed by atoms with van der Waals surface area (Å²) in [5.74, 6) is -0.102. The maximum absolute atomic E-state index is 11.4.